The van der Waals surface area contributed by atoms with Gasteiger partial charge in [0.25, 0.3) is 5.91 Å². The van der Waals surface area contributed by atoms with Gasteiger partial charge in [0.05, 0.1) is 17.1 Å². The maximum atomic E-state index is 11.2. The smallest absolute Gasteiger partial charge is 0.271 e. The Kier molecular flexibility index (Phi) is 1.74. The van der Waals surface area contributed by atoms with Crippen molar-refractivity contribution in [1.82, 2.24) is 0 Å². The molecule has 1 aliphatic rings. The molecule has 2 N–H and O–H groups in total. The number of anilines is 2. The number of benzene rings is 1. The van der Waals surface area contributed by atoms with E-state index >= 15 is 0 Å². The lowest BCUT2D eigenvalue weighted by Gasteiger charge is -2.20. The molecule has 1 aromatic carbocycles. The van der Waals surface area contributed by atoms with Gasteiger partial charge in [0, 0.05) is 5.02 Å². The van der Waals surface area contributed by atoms with Crippen LogP contribution >= 0.6 is 11.6 Å². The molecule has 1 aliphatic heterocycles. The van der Waals surface area contributed by atoms with E-state index in [1.807, 2.05) is 0 Å². The molecular weight excluding hydrogens is 188 g/mol. The fourth-order valence-corrected chi connectivity index (χ4v) is 1.32. The summed E-state index contributed by atoms with van der Waals surface area (Å²) in [6.07, 6.45) is 0. The van der Waals surface area contributed by atoms with Gasteiger partial charge in [-0.3, -0.25) is 4.79 Å². The highest BCUT2D eigenvalue weighted by atomic mass is 35.5. The Hall–Kier alpha value is -1.48. The van der Waals surface area contributed by atoms with E-state index in [1.165, 1.54) is 0 Å². The molecule has 1 aromatic rings. The van der Waals surface area contributed by atoms with Gasteiger partial charge in [-0.15, -0.1) is 0 Å². The summed E-state index contributed by atoms with van der Waals surface area (Å²) >= 11 is 5.76. The van der Waals surface area contributed by atoms with Crippen molar-refractivity contribution in [1.29, 1.82) is 0 Å². The standard InChI is InChI=1S/C9H7ClN2O/c1-5-9(13)12-8-4-6(10)2-3-7(8)11-5/h2-4,11H,1H2,(H,12,13). The number of hydrogen-bond donors (Lipinski definition) is 2. The Morgan fingerprint density at radius 3 is 2.77 bits per heavy atom. The molecule has 3 nitrogen and oxygen atoms in total. The molecule has 0 unspecified atom stereocenters. The summed E-state index contributed by atoms with van der Waals surface area (Å²) in [6, 6.07) is 5.23. The quantitative estimate of drug-likeness (QED) is 0.622. The second-order valence-corrected chi connectivity index (χ2v) is 3.18. The third-order valence-electron chi connectivity index (χ3n) is 1.79. The predicted molar refractivity (Wildman–Crippen MR) is 52.8 cm³/mol. The molecule has 13 heavy (non-hydrogen) atoms. The number of carbonyl (C=O) groups excluding carboxylic acids is 1. The lowest BCUT2D eigenvalue weighted by Crippen LogP contribution is -2.24. The van der Waals surface area contributed by atoms with Gasteiger partial charge in [0.1, 0.15) is 0 Å². The zero-order valence-corrected chi connectivity index (χ0v) is 7.48. The molecule has 0 bridgehead atoms. The molecular formula is C9H7ClN2O. The summed E-state index contributed by atoms with van der Waals surface area (Å²) in [7, 11) is 0. The molecule has 0 spiro atoms. The van der Waals surface area contributed by atoms with Crippen LogP contribution in [0.2, 0.25) is 5.02 Å². The largest absolute Gasteiger partial charge is 0.350 e. The fourth-order valence-electron chi connectivity index (χ4n) is 1.15. The molecule has 0 saturated heterocycles. The van der Waals surface area contributed by atoms with Crippen molar-refractivity contribution >= 4 is 28.9 Å². The van der Waals surface area contributed by atoms with Crippen LogP contribution in [0.3, 0.4) is 0 Å². The number of fused-ring (bicyclic) bond motifs is 1. The summed E-state index contributed by atoms with van der Waals surface area (Å²) in [5.74, 6) is -0.227. The van der Waals surface area contributed by atoms with Crippen LogP contribution < -0.4 is 10.6 Å². The van der Waals surface area contributed by atoms with E-state index in [-0.39, 0.29) is 5.91 Å². The average Bonchev–Trinajstić information content (AvgIpc) is 2.08. The molecule has 0 radical (unpaired) electrons. The highest BCUT2D eigenvalue weighted by Crippen LogP contribution is 2.29. The third-order valence-corrected chi connectivity index (χ3v) is 2.02. The molecule has 1 heterocycles. The minimum Gasteiger partial charge on any atom is -0.350 e. The van der Waals surface area contributed by atoms with Crippen LogP contribution in [0.25, 0.3) is 0 Å². The van der Waals surface area contributed by atoms with Gasteiger partial charge in [-0.1, -0.05) is 18.2 Å². The average molecular weight is 195 g/mol. The molecule has 0 fully saturated rings. The van der Waals surface area contributed by atoms with Crippen LogP contribution in [0, 0.1) is 0 Å². The van der Waals surface area contributed by atoms with E-state index < -0.39 is 0 Å². The van der Waals surface area contributed by atoms with Crippen molar-refractivity contribution < 1.29 is 4.79 Å². The topological polar surface area (TPSA) is 41.1 Å². The molecule has 0 saturated carbocycles. The summed E-state index contributed by atoms with van der Waals surface area (Å²) in [6.45, 7) is 3.56. The number of nitrogens with one attached hydrogen (secondary N) is 2. The van der Waals surface area contributed by atoms with Gasteiger partial charge in [-0.05, 0) is 18.2 Å². The Morgan fingerprint density at radius 1 is 1.23 bits per heavy atom. The second-order valence-electron chi connectivity index (χ2n) is 2.75. The summed E-state index contributed by atoms with van der Waals surface area (Å²) in [5, 5.41) is 6.13. The number of rotatable bonds is 0. The zero-order chi connectivity index (χ0) is 9.42. The third kappa shape index (κ3) is 1.38. The molecule has 2 rings (SSSR count). The van der Waals surface area contributed by atoms with E-state index in [0.717, 1.165) is 5.69 Å². The second kappa shape index (κ2) is 2.78. The highest BCUT2D eigenvalue weighted by Gasteiger charge is 2.17. The van der Waals surface area contributed by atoms with E-state index in [9.17, 15) is 4.79 Å². The van der Waals surface area contributed by atoms with Gasteiger partial charge in [-0.25, -0.2) is 0 Å². The molecule has 66 valence electrons. The Morgan fingerprint density at radius 2 is 2.00 bits per heavy atom. The van der Waals surface area contributed by atoms with Crippen molar-refractivity contribution in [3.05, 3.63) is 35.5 Å². The first kappa shape index (κ1) is 8.13. The lowest BCUT2D eigenvalue weighted by atomic mass is 10.2. The maximum Gasteiger partial charge on any atom is 0.271 e. The van der Waals surface area contributed by atoms with E-state index in [4.69, 9.17) is 11.6 Å². The number of amides is 1. The van der Waals surface area contributed by atoms with Crippen LogP contribution in [-0.2, 0) is 4.79 Å². The van der Waals surface area contributed by atoms with Gasteiger partial charge in [0.15, 0.2) is 0 Å². The minimum absolute atomic E-state index is 0.227. The van der Waals surface area contributed by atoms with Crippen molar-refractivity contribution in [3.63, 3.8) is 0 Å². The van der Waals surface area contributed by atoms with Gasteiger partial charge < -0.3 is 10.6 Å². The van der Waals surface area contributed by atoms with Crippen molar-refractivity contribution in [2.75, 3.05) is 10.6 Å². The molecule has 0 aliphatic carbocycles. The molecule has 0 aromatic heterocycles. The van der Waals surface area contributed by atoms with E-state index in [0.29, 0.717) is 16.4 Å². The van der Waals surface area contributed by atoms with Gasteiger partial charge >= 0.3 is 0 Å². The number of halogens is 1. The van der Waals surface area contributed by atoms with Crippen LogP contribution in [0.4, 0.5) is 11.4 Å². The van der Waals surface area contributed by atoms with Gasteiger partial charge in [-0.2, -0.15) is 0 Å². The minimum atomic E-state index is -0.227. The van der Waals surface area contributed by atoms with Crippen molar-refractivity contribution in [2.24, 2.45) is 0 Å². The monoisotopic (exact) mass is 194 g/mol. The Bertz CT molecular complexity index is 401. The summed E-state index contributed by atoms with van der Waals surface area (Å²) in [4.78, 5) is 11.2. The number of hydrogen-bond acceptors (Lipinski definition) is 2. The fraction of sp³-hybridized carbons (Fsp3) is 0. The number of carbonyl (C=O) groups is 1. The highest BCUT2D eigenvalue weighted by molar-refractivity contribution is 6.31. The predicted octanol–water partition coefficient (Wildman–Crippen LogP) is 2.22. The van der Waals surface area contributed by atoms with Gasteiger partial charge in [0.2, 0.25) is 0 Å². The van der Waals surface area contributed by atoms with Crippen LogP contribution in [0.1, 0.15) is 0 Å². The first-order valence-corrected chi connectivity index (χ1v) is 4.11. The normalized spacial score (nSPS) is 14.5. The first-order chi connectivity index (χ1) is 6.16. The first-order valence-electron chi connectivity index (χ1n) is 3.73. The maximum absolute atomic E-state index is 11.2. The van der Waals surface area contributed by atoms with Crippen molar-refractivity contribution in [2.45, 2.75) is 0 Å². The molecule has 4 heteroatoms. The van der Waals surface area contributed by atoms with E-state index in [1.54, 1.807) is 18.2 Å². The Balaban J connectivity index is 2.48. The lowest BCUT2D eigenvalue weighted by molar-refractivity contribution is -0.112. The zero-order valence-electron chi connectivity index (χ0n) is 6.73. The van der Waals surface area contributed by atoms with Crippen LogP contribution in [0.15, 0.2) is 30.5 Å². The van der Waals surface area contributed by atoms with Crippen molar-refractivity contribution in [3.8, 4) is 0 Å². The summed E-state index contributed by atoms with van der Waals surface area (Å²) in [5.41, 5.74) is 1.84. The van der Waals surface area contributed by atoms with Crippen LogP contribution in [-0.4, -0.2) is 5.91 Å². The van der Waals surface area contributed by atoms with E-state index in [2.05, 4.69) is 17.2 Å². The Labute approximate surface area is 80.4 Å². The molecule has 1 amide bonds. The summed E-state index contributed by atoms with van der Waals surface area (Å²) < 4.78 is 0. The SMILES string of the molecule is C=C1Nc2ccc(Cl)cc2NC1=O. The van der Waals surface area contributed by atoms with Crippen LogP contribution in [0.5, 0.6) is 0 Å². The molecule has 0 atom stereocenters.